The van der Waals surface area contributed by atoms with Crippen molar-refractivity contribution in [3.8, 4) is 5.75 Å². The maximum atomic E-state index is 11.3. The lowest BCUT2D eigenvalue weighted by Gasteiger charge is -2.24. The molecule has 1 aromatic carbocycles. The van der Waals surface area contributed by atoms with Gasteiger partial charge in [-0.2, -0.15) is 0 Å². The van der Waals surface area contributed by atoms with Crippen LogP contribution in [0.2, 0.25) is 0 Å². The van der Waals surface area contributed by atoms with Crippen molar-refractivity contribution >= 4 is 18.6 Å². The quantitative estimate of drug-likeness (QED) is 0.584. The second-order valence-corrected chi connectivity index (χ2v) is 3.98. The third kappa shape index (κ3) is 2.09. The smallest absolute Gasteiger partial charge is 0.347 e. The number of carbonyl (C=O) groups excluding carboxylic acids is 1. The summed E-state index contributed by atoms with van der Waals surface area (Å²) < 4.78 is 10.2. The van der Waals surface area contributed by atoms with Gasteiger partial charge in [0.2, 0.25) is 0 Å². The highest BCUT2D eigenvalue weighted by molar-refractivity contribution is 7.80. The van der Waals surface area contributed by atoms with Gasteiger partial charge in [-0.1, -0.05) is 0 Å². The molecule has 0 amide bonds. The van der Waals surface area contributed by atoms with Crippen LogP contribution in [0.15, 0.2) is 23.1 Å². The molecular formula is C11H12O3S. The molecule has 0 aliphatic carbocycles. The molecule has 2 rings (SSSR count). The van der Waals surface area contributed by atoms with E-state index in [-0.39, 0.29) is 5.97 Å². The summed E-state index contributed by atoms with van der Waals surface area (Å²) in [5, 5.41) is 0. The third-order valence-electron chi connectivity index (χ3n) is 2.45. The first-order chi connectivity index (χ1) is 7.20. The van der Waals surface area contributed by atoms with E-state index in [1.54, 1.807) is 0 Å². The Bertz CT molecular complexity index is 389. The van der Waals surface area contributed by atoms with Crippen molar-refractivity contribution in [2.45, 2.75) is 23.8 Å². The predicted octanol–water partition coefficient (Wildman–Crippen LogP) is 1.84. The Hall–Kier alpha value is -1.16. The van der Waals surface area contributed by atoms with Gasteiger partial charge >= 0.3 is 5.97 Å². The van der Waals surface area contributed by atoms with E-state index >= 15 is 0 Å². The number of ether oxygens (including phenoxy) is 2. The molecule has 1 heterocycles. The van der Waals surface area contributed by atoms with Gasteiger partial charge in [0.15, 0.2) is 6.10 Å². The average Bonchev–Trinajstić information content (AvgIpc) is 2.27. The van der Waals surface area contributed by atoms with Crippen molar-refractivity contribution in [2.75, 3.05) is 7.11 Å². The van der Waals surface area contributed by atoms with Crippen LogP contribution < -0.4 is 4.74 Å². The summed E-state index contributed by atoms with van der Waals surface area (Å²) in [6.07, 6.45) is 1.02. The van der Waals surface area contributed by atoms with Gasteiger partial charge in [-0.05, 0) is 36.6 Å². The highest BCUT2D eigenvalue weighted by Crippen LogP contribution is 2.29. The summed E-state index contributed by atoms with van der Waals surface area (Å²) >= 11 is 4.25. The molecule has 0 aromatic heterocycles. The van der Waals surface area contributed by atoms with Gasteiger partial charge in [0.25, 0.3) is 0 Å². The fourth-order valence-corrected chi connectivity index (χ4v) is 1.90. The summed E-state index contributed by atoms with van der Waals surface area (Å²) in [7, 11) is 1.37. The Labute approximate surface area is 93.8 Å². The summed E-state index contributed by atoms with van der Waals surface area (Å²) in [4.78, 5) is 12.2. The van der Waals surface area contributed by atoms with E-state index in [9.17, 15) is 4.79 Å². The number of fused-ring (bicyclic) bond motifs is 1. The van der Waals surface area contributed by atoms with Crippen LogP contribution in [-0.4, -0.2) is 19.2 Å². The number of esters is 1. The van der Waals surface area contributed by atoms with E-state index in [1.807, 2.05) is 18.2 Å². The fraction of sp³-hybridized carbons (Fsp3) is 0.364. The van der Waals surface area contributed by atoms with E-state index in [1.165, 1.54) is 7.11 Å². The number of carbonyl (C=O) groups is 1. The van der Waals surface area contributed by atoms with E-state index in [0.29, 0.717) is 6.42 Å². The molecular weight excluding hydrogens is 212 g/mol. The lowest BCUT2D eigenvalue weighted by Crippen LogP contribution is -2.32. The minimum atomic E-state index is -0.465. The highest BCUT2D eigenvalue weighted by Gasteiger charge is 2.26. The summed E-state index contributed by atoms with van der Waals surface area (Å²) in [5.41, 5.74) is 1.10. The van der Waals surface area contributed by atoms with Gasteiger partial charge in [-0.15, -0.1) is 12.6 Å². The van der Waals surface area contributed by atoms with Gasteiger partial charge in [-0.3, -0.25) is 0 Å². The number of hydrogen-bond donors (Lipinski definition) is 1. The third-order valence-corrected chi connectivity index (χ3v) is 2.73. The lowest BCUT2D eigenvalue weighted by atomic mass is 10.0. The van der Waals surface area contributed by atoms with Crippen molar-refractivity contribution < 1.29 is 14.3 Å². The molecule has 0 fully saturated rings. The van der Waals surface area contributed by atoms with Crippen molar-refractivity contribution in [3.05, 3.63) is 23.8 Å². The van der Waals surface area contributed by atoms with Crippen LogP contribution in [0.1, 0.15) is 12.0 Å². The monoisotopic (exact) mass is 224 g/mol. The minimum Gasteiger partial charge on any atom is -0.478 e. The summed E-state index contributed by atoms with van der Waals surface area (Å²) in [5.74, 6) is 0.449. The lowest BCUT2D eigenvalue weighted by molar-refractivity contribution is -0.149. The SMILES string of the molecule is COC(=O)C1CCc2cc(S)ccc2O1. The van der Waals surface area contributed by atoms with Crippen LogP contribution in [0.25, 0.3) is 0 Å². The van der Waals surface area contributed by atoms with Crippen LogP contribution in [0, 0.1) is 0 Å². The number of benzene rings is 1. The molecule has 0 spiro atoms. The van der Waals surface area contributed by atoms with Crippen molar-refractivity contribution in [1.29, 1.82) is 0 Å². The second kappa shape index (κ2) is 4.14. The molecule has 0 saturated heterocycles. The van der Waals surface area contributed by atoms with Crippen LogP contribution >= 0.6 is 12.6 Å². The molecule has 3 nitrogen and oxygen atoms in total. The number of rotatable bonds is 1. The number of methoxy groups -OCH3 is 1. The van der Waals surface area contributed by atoms with Crippen molar-refractivity contribution in [1.82, 2.24) is 0 Å². The second-order valence-electron chi connectivity index (χ2n) is 3.46. The van der Waals surface area contributed by atoms with Gasteiger partial charge in [0.05, 0.1) is 7.11 Å². The standard InChI is InChI=1S/C11H12O3S/c1-13-11(12)10-4-2-7-6-8(15)3-5-9(7)14-10/h3,5-6,10,15H,2,4H2,1H3. The van der Waals surface area contributed by atoms with Crippen molar-refractivity contribution in [2.24, 2.45) is 0 Å². The van der Waals surface area contributed by atoms with Gasteiger partial charge in [0.1, 0.15) is 5.75 Å². The Morgan fingerprint density at radius 2 is 2.40 bits per heavy atom. The van der Waals surface area contributed by atoms with E-state index in [0.717, 1.165) is 22.6 Å². The highest BCUT2D eigenvalue weighted by atomic mass is 32.1. The molecule has 0 bridgehead atoms. The molecule has 1 aliphatic heterocycles. The van der Waals surface area contributed by atoms with Crippen LogP contribution in [-0.2, 0) is 16.0 Å². The van der Waals surface area contributed by atoms with Gasteiger partial charge < -0.3 is 9.47 Å². The van der Waals surface area contributed by atoms with E-state index in [2.05, 4.69) is 17.4 Å². The zero-order valence-corrected chi connectivity index (χ0v) is 9.29. The molecule has 0 radical (unpaired) electrons. The van der Waals surface area contributed by atoms with Crippen LogP contribution in [0.5, 0.6) is 5.75 Å². The first kappa shape index (κ1) is 10.4. The first-order valence-corrected chi connectivity index (χ1v) is 5.22. The number of thiol groups is 1. The van der Waals surface area contributed by atoms with Crippen LogP contribution in [0.3, 0.4) is 0 Å². The Morgan fingerprint density at radius 1 is 1.60 bits per heavy atom. The zero-order chi connectivity index (χ0) is 10.8. The van der Waals surface area contributed by atoms with Crippen LogP contribution in [0.4, 0.5) is 0 Å². The van der Waals surface area contributed by atoms with E-state index < -0.39 is 6.10 Å². The van der Waals surface area contributed by atoms with Gasteiger partial charge in [-0.25, -0.2) is 4.79 Å². The first-order valence-electron chi connectivity index (χ1n) is 4.77. The molecule has 0 N–H and O–H groups in total. The maximum absolute atomic E-state index is 11.3. The molecule has 80 valence electrons. The predicted molar refractivity (Wildman–Crippen MR) is 58.4 cm³/mol. The molecule has 1 aliphatic rings. The molecule has 1 aromatic rings. The Morgan fingerprint density at radius 3 is 3.13 bits per heavy atom. The molecule has 1 atom stereocenters. The maximum Gasteiger partial charge on any atom is 0.347 e. The molecule has 1 unspecified atom stereocenters. The average molecular weight is 224 g/mol. The fourth-order valence-electron chi connectivity index (χ4n) is 1.67. The Balaban J connectivity index is 2.20. The van der Waals surface area contributed by atoms with E-state index in [4.69, 9.17) is 4.74 Å². The number of aryl methyl sites for hydroxylation is 1. The zero-order valence-electron chi connectivity index (χ0n) is 8.40. The topological polar surface area (TPSA) is 35.5 Å². The summed E-state index contributed by atoms with van der Waals surface area (Å²) in [6.45, 7) is 0. The molecule has 0 saturated carbocycles. The van der Waals surface area contributed by atoms with Gasteiger partial charge in [0, 0.05) is 4.90 Å². The molecule has 4 heteroatoms. The number of hydrogen-bond acceptors (Lipinski definition) is 4. The largest absolute Gasteiger partial charge is 0.478 e. The summed E-state index contributed by atoms with van der Waals surface area (Å²) in [6, 6.07) is 5.65. The molecule has 15 heavy (non-hydrogen) atoms. The normalized spacial score (nSPS) is 18.9. The minimum absolute atomic E-state index is 0.310. The van der Waals surface area contributed by atoms with Crippen molar-refractivity contribution in [3.63, 3.8) is 0 Å². The Kier molecular flexibility index (Phi) is 2.86.